The first-order valence-electron chi connectivity index (χ1n) is 5.94. The van der Waals surface area contributed by atoms with Crippen LogP contribution in [-0.4, -0.2) is 32.0 Å². The summed E-state index contributed by atoms with van der Waals surface area (Å²) in [5, 5.41) is 13.4. The molecule has 0 atom stereocenters. The van der Waals surface area contributed by atoms with Crippen LogP contribution in [0.2, 0.25) is 0 Å². The SMILES string of the molecule is CC(=O)c1sc(N2CCCNCC2)c(C#N)c1N. The van der Waals surface area contributed by atoms with Crippen LogP contribution in [0.1, 0.15) is 28.6 Å². The fraction of sp³-hybridized carbons (Fsp3) is 0.500. The van der Waals surface area contributed by atoms with Gasteiger partial charge < -0.3 is 16.0 Å². The number of hydrogen-bond donors (Lipinski definition) is 2. The minimum atomic E-state index is -0.0757. The van der Waals surface area contributed by atoms with E-state index in [9.17, 15) is 10.1 Å². The van der Waals surface area contributed by atoms with Gasteiger partial charge in [-0.2, -0.15) is 5.26 Å². The average molecular weight is 264 g/mol. The minimum absolute atomic E-state index is 0.0757. The lowest BCUT2D eigenvalue weighted by molar-refractivity contribution is 0.102. The highest BCUT2D eigenvalue weighted by Gasteiger charge is 2.23. The summed E-state index contributed by atoms with van der Waals surface area (Å²) >= 11 is 1.34. The standard InChI is InChI=1S/C12H16N4OS/c1-8(17)11-10(14)9(7-13)12(18-11)16-5-2-3-15-4-6-16/h15H,2-6,14H2,1H3. The molecule has 1 fully saturated rings. The molecule has 2 heterocycles. The van der Waals surface area contributed by atoms with Gasteiger partial charge in [-0.05, 0) is 13.0 Å². The molecule has 1 aromatic rings. The highest BCUT2D eigenvalue weighted by molar-refractivity contribution is 7.19. The van der Waals surface area contributed by atoms with Crippen molar-refractivity contribution in [1.29, 1.82) is 5.26 Å². The first kappa shape index (κ1) is 12.9. The number of hydrogen-bond acceptors (Lipinski definition) is 6. The lowest BCUT2D eigenvalue weighted by Gasteiger charge is -2.20. The van der Waals surface area contributed by atoms with Crippen molar-refractivity contribution in [2.45, 2.75) is 13.3 Å². The summed E-state index contributed by atoms with van der Waals surface area (Å²) in [6.07, 6.45) is 1.03. The molecule has 1 aliphatic rings. The molecule has 1 aliphatic heterocycles. The van der Waals surface area contributed by atoms with Gasteiger partial charge in [0.05, 0.1) is 10.6 Å². The van der Waals surface area contributed by atoms with Crippen LogP contribution in [-0.2, 0) is 0 Å². The van der Waals surface area contributed by atoms with Gasteiger partial charge in [-0.3, -0.25) is 4.79 Å². The van der Waals surface area contributed by atoms with E-state index in [1.165, 1.54) is 18.3 Å². The number of nitrogens with two attached hydrogens (primary N) is 1. The number of nitrogens with one attached hydrogen (secondary N) is 1. The van der Waals surface area contributed by atoms with E-state index in [1.54, 1.807) is 0 Å². The van der Waals surface area contributed by atoms with E-state index in [1.807, 2.05) is 0 Å². The predicted molar refractivity (Wildman–Crippen MR) is 73.2 cm³/mol. The molecule has 1 aromatic heterocycles. The number of nitrogens with zero attached hydrogens (tertiary/aromatic N) is 2. The van der Waals surface area contributed by atoms with Crippen LogP contribution in [0.25, 0.3) is 0 Å². The van der Waals surface area contributed by atoms with Gasteiger partial charge in [0.2, 0.25) is 0 Å². The van der Waals surface area contributed by atoms with E-state index in [4.69, 9.17) is 5.73 Å². The number of Topliss-reactive ketones (excluding diaryl/α,β-unsaturated/α-hetero) is 1. The minimum Gasteiger partial charge on any atom is -0.396 e. The highest BCUT2D eigenvalue weighted by Crippen LogP contribution is 2.38. The smallest absolute Gasteiger partial charge is 0.171 e. The fourth-order valence-electron chi connectivity index (χ4n) is 2.07. The summed E-state index contributed by atoms with van der Waals surface area (Å²) in [5.74, 6) is -0.0757. The molecule has 0 aromatic carbocycles. The van der Waals surface area contributed by atoms with Gasteiger partial charge in [-0.1, -0.05) is 0 Å². The molecule has 6 heteroatoms. The molecule has 5 nitrogen and oxygen atoms in total. The van der Waals surface area contributed by atoms with Crippen LogP contribution >= 0.6 is 11.3 Å². The number of rotatable bonds is 2. The Kier molecular flexibility index (Phi) is 3.84. The number of carbonyl (C=O) groups excluding carboxylic acids is 1. The Morgan fingerprint density at radius 1 is 1.50 bits per heavy atom. The van der Waals surface area contributed by atoms with Crippen molar-refractivity contribution >= 4 is 27.8 Å². The lowest BCUT2D eigenvalue weighted by Crippen LogP contribution is -2.27. The molecule has 1 saturated heterocycles. The van der Waals surface area contributed by atoms with Gasteiger partial charge in [0.1, 0.15) is 16.6 Å². The molecule has 3 N–H and O–H groups in total. The van der Waals surface area contributed by atoms with E-state index in [2.05, 4.69) is 16.3 Å². The van der Waals surface area contributed by atoms with Crippen LogP contribution in [0.3, 0.4) is 0 Å². The summed E-state index contributed by atoms with van der Waals surface area (Å²) in [6.45, 7) is 5.08. The molecule has 0 bridgehead atoms. The maximum absolute atomic E-state index is 11.5. The monoisotopic (exact) mass is 264 g/mol. The van der Waals surface area contributed by atoms with E-state index in [-0.39, 0.29) is 5.78 Å². The number of carbonyl (C=O) groups is 1. The number of nitriles is 1. The van der Waals surface area contributed by atoms with Crippen molar-refractivity contribution in [3.05, 3.63) is 10.4 Å². The third-order valence-corrected chi connectivity index (χ3v) is 4.35. The van der Waals surface area contributed by atoms with Gasteiger partial charge in [0.25, 0.3) is 0 Å². The van der Waals surface area contributed by atoms with Crippen LogP contribution in [0, 0.1) is 11.3 Å². The molecule has 0 saturated carbocycles. The van der Waals surface area contributed by atoms with Crippen molar-refractivity contribution < 1.29 is 4.79 Å². The van der Waals surface area contributed by atoms with Gasteiger partial charge in [-0.15, -0.1) is 11.3 Å². The molecule has 2 rings (SSSR count). The van der Waals surface area contributed by atoms with Crippen LogP contribution < -0.4 is 16.0 Å². The molecule has 96 valence electrons. The van der Waals surface area contributed by atoms with E-state index in [0.29, 0.717) is 16.1 Å². The number of anilines is 2. The highest BCUT2D eigenvalue weighted by atomic mass is 32.1. The number of ketones is 1. The van der Waals surface area contributed by atoms with E-state index < -0.39 is 0 Å². The summed E-state index contributed by atoms with van der Waals surface area (Å²) in [4.78, 5) is 14.1. The Bertz CT molecular complexity index is 495. The average Bonchev–Trinajstić information content (AvgIpc) is 2.54. The molecule has 0 unspecified atom stereocenters. The van der Waals surface area contributed by atoms with Crippen LogP contribution in [0.5, 0.6) is 0 Å². The fourth-order valence-corrected chi connectivity index (χ4v) is 3.19. The summed E-state index contributed by atoms with van der Waals surface area (Å²) in [6, 6.07) is 2.13. The third-order valence-electron chi connectivity index (χ3n) is 2.99. The van der Waals surface area contributed by atoms with Crippen molar-refractivity contribution in [2.24, 2.45) is 0 Å². The largest absolute Gasteiger partial charge is 0.396 e. The molecule has 0 aliphatic carbocycles. The summed E-state index contributed by atoms with van der Waals surface area (Å²) < 4.78 is 0. The molecule has 0 spiro atoms. The van der Waals surface area contributed by atoms with Gasteiger partial charge in [0.15, 0.2) is 5.78 Å². The van der Waals surface area contributed by atoms with E-state index >= 15 is 0 Å². The van der Waals surface area contributed by atoms with Gasteiger partial charge >= 0.3 is 0 Å². The van der Waals surface area contributed by atoms with Crippen molar-refractivity contribution in [3.63, 3.8) is 0 Å². The zero-order valence-electron chi connectivity index (χ0n) is 10.3. The van der Waals surface area contributed by atoms with E-state index in [0.717, 1.165) is 37.6 Å². The number of nitrogen functional groups attached to an aromatic ring is 1. The lowest BCUT2D eigenvalue weighted by atomic mass is 10.2. The normalized spacial score (nSPS) is 16.1. The van der Waals surface area contributed by atoms with Crippen molar-refractivity contribution in [3.8, 4) is 6.07 Å². The molecular weight excluding hydrogens is 248 g/mol. The second-order valence-corrected chi connectivity index (χ2v) is 5.28. The van der Waals surface area contributed by atoms with Gasteiger partial charge in [0, 0.05) is 26.6 Å². The number of thiophene rings is 1. The zero-order chi connectivity index (χ0) is 13.1. The maximum atomic E-state index is 11.5. The van der Waals surface area contributed by atoms with Crippen molar-refractivity contribution in [1.82, 2.24) is 5.32 Å². The maximum Gasteiger partial charge on any atom is 0.171 e. The van der Waals surface area contributed by atoms with Gasteiger partial charge in [-0.25, -0.2) is 0 Å². The molecular formula is C12H16N4OS. The molecule has 0 amide bonds. The molecule has 0 radical (unpaired) electrons. The molecule has 18 heavy (non-hydrogen) atoms. The first-order valence-corrected chi connectivity index (χ1v) is 6.75. The summed E-state index contributed by atoms with van der Waals surface area (Å²) in [7, 11) is 0. The zero-order valence-corrected chi connectivity index (χ0v) is 11.1. The Labute approximate surface area is 110 Å². The Morgan fingerprint density at radius 3 is 2.94 bits per heavy atom. The quantitative estimate of drug-likeness (QED) is 0.784. The summed E-state index contributed by atoms with van der Waals surface area (Å²) in [5.41, 5.74) is 6.67. The van der Waals surface area contributed by atoms with Crippen molar-refractivity contribution in [2.75, 3.05) is 36.8 Å². The van der Waals surface area contributed by atoms with Crippen LogP contribution in [0.15, 0.2) is 0 Å². The topological polar surface area (TPSA) is 82.2 Å². The van der Waals surface area contributed by atoms with Crippen LogP contribution in [0.4, 0.5) is 10.7 Å². The third kappa shape index (κ3) is 2.33. The Hall–Kier alpha value is -1.58. The Balaban J connectivity index is 2.40. The second kappa shape index (κ2) is 5.38. The second-order valence-electron chi connectivity index (χ2n) is 4.28. The Morgan fingerprint density at radius 2 is 2.28 bits per heavy atom. The first-order chi connectivity index (χ1) is 8.65. The predicted octanol–water partition coefficient (Wildman–Crippen LogP) is 1.20.